The second kappa shape index (κ2) is 7.06. The minimum absolute atomic E-state index is 0.131. The molecule has 0 saturated heterocycles. The van der Waals surface area contributed by atoms with Crippen LogP contribution in [0.2, 0.25) is 0 Å². The number of hydrogen-bond donors (Lipinski definition) is 1. The van der Waals surface area contributed by atoms with Gasteiger partial charge in [0, 0.05) is 18.5 Å². The number of rotatable bonds is 7. The van der Waals surface area contributed by atoms with Gasteiger partial charge in [-0.25, -0.2) is 8.78 Å². The molecule has 0 aliphatic rings. The zero-order chi connectivity index (χ0) is 14.4. The lowest BCUT2D eigenvalue weighted by molar-refractivity contribution is 0.0182. The molecule has 0 aliphatic carbocycles. The maximum atomic E-state index is 11.9. The number of benzene rings is 1. The van der Waals surface area contributed by atoms with Crippen LogP contribution in [0, 0.1) is 0 Å². The van der Waals surface area contributed by atoms with Crippen molar-refractivity contribution in [3.8, 4) is 11.5 Å². The first-order valence-electron chi connectivity index (χ1n) is 6.17. The van der Waals surface area contributed by atoms with Gasteiger partial charge in [0.05, 0.1) is 6.61 Å². The summed E-state index contributed by atoms with van der Waals surface area (Å²) in [5, 5.41) is 3.78. The molecule has 20 heavy (non-hydrogen) atoms. The minimum atomic E-state index is -2.46. The van der Waals surface area contributed by atoms with Crippen LogP contribution in [0.1, 0.15) is 11.4 Å². The molecular weight excluding hydrogens is 268 g/mol. The third-order valence-electron chi connectivity index (χ3n) is 2.59. The number of aromatic nitrogens is 2. The van der Waals surface area contributed by atoms with E-state index in [1.165, 1.54) is 0 Å². The van der Waals surface area contributed by atoms with Crippen molar-refractivity contribution < 1.29 is 18.0 Å². The van der Waals surface area contributed by atoms with Crippen LogP contribution in [0.25, 0.3) is 11.5 Å². The van der Waals surface area contributed by atoms with Crippen LogP contribution < -0.4 is 5.73 Å². The monoisotopic (exact) mass is 283 g/mol. The van der Waals surface area contributed by atoms with E-state index in [1.54, 1.807) is 0 Å². The fourth-order valence-corrected chi connectivity index (χ4v) is 1.64. The molecule has 0 unspecified atom stereocenters. The molecule has 0 saturated carbocycles. The maximum absolute atomic E-state index is 11.9. The summed E-state index contributed by atoms with van der Waals surface area (Å²) in [6, 6.07) is 7.46. The zero-order valence-corrected chi connectivity index (χ0v) is 10.8. The average Bonchev–Trinajstić information content (AvgIpc) is 2.92. The summed E-state index contributed by atoms with van der Waals surface area (Å²) in [7, 11) is 0. The van der Waals surface area contributed by atoms with Crippen LogP contribution in [-0.4, -0.2) is 29.8 Å². The molecule has 0 fully saturated rings. The van der Waals surface area contributed by atoms with E-state index in [9.17, 15) is 8.78 Å². The lowest BCUT2D eigenvalue weighted by Crippen LogP contribution is -2.07. The first-order chi connectivity index (χ1) is 9.69. The second-order valence-electron chi connectivity index (χ2n) is 4.14. The number of hydrogen-bond acceptors (Lipinski definition) is 5. The van der Waals surface area contributed by atoms with Crippen molar-refractivity contribution in [1.29, 1.82) is 0 Å². The van der Waals surface area contributed by atoms with Gasteiger partial charge in [-0.15, -0.1) is 0 Å². The van der Waals surface area contributed by atoms with E-state index in [0.29, 0.717) is 24.7 Å². The molecule has 1 aromatic heterocycles. The Bertz CT molecular complexity index is 546. The van der Waals surface area contributed by atoms with Gasteiger partial charge in [0.1, 0.15) is 6.61 Å². The van der Waals surface area contributed by atoms with E-state index in [1.807, 2.05) is 24.3 Å². The normalized spacial score (nSPS) is 11.2. The van der Waals surface area contributed by atoms with E-state index in [0.717, 1.165) is 11.1 Å². The van der Waals surface area contributed by atoms with Crippen LogP contribution in [0.5, 0.6) is 0 Å². The molecule has 0 bridgehead atoms. The molecule has 0 spiro atoms. The molecule has 0 atom stereocenters. The highest BCUT2D eigenvalue weighted by atomic mass is 19.3. The van der Waals surface area contributed by atoms with Crippen molar-refractivity contribution in [2.45, 2.75) is 19.4 Å². The lowest BCUT2D eigenvalue weighted by atomic mass is 10.1. The zero-order valence-electron chi connectivity index (χ0n) is 10.8. The van der Waals surface area contributed by atoms with Gasteiger partial charge in [-0.3, -0.25) is 0 Å². The maximum Gasteiger partial charge on any atom is 0.261 e. The van der Waals surface area contributed by atoms with Gasteiger partial charge in [-0.05, 0) is 17.7 Å². The quantitative estimate of drug-likeness (QED) is 0.787. The molecule has 2 rings (SSSR count). The van der Waals surface area contributed by atoms with E-state index in [2.05, 4.69) is 10.1 Å². The fraction of sp³-hybridized carbons (Fsp3) is 0.385. The summed E-state index contributed by atoms with van der Waals surface area (Å²) in [6.07, 6.45) is -2.14. The number of nitrogens with zero attached hydrogens (tertiary/aromatic N) is 2. The Balaban J connectivity index is 1.94. The Labute approximate surface area is 114 Å². The van der Waals surface area contributed by atoms with Gasteiger partial charge < -0.3 is 15.0 Å². The molecule has 0 amide bonds. The number of alkyl halides is 2. The molecule has 1 aromatic carbocycles. The molecule has 2 N–H and O–H groups in total. The number of halogens is 2. The van der Waals surface area contributed by atoms with Crippen molar-refractivity contribution in [2.24, 2.45) is 5.73 Å². The molecule has 0 radical (unpaired) electrons. The third kappa shape index (κ3) is 4.07. The Morgan fingerprint density at radius 1 is 1.35 bits per heavy atom. The Kier molecular flexibility index (Phi) is 5.14. The molecule has 0 aliphatic heterocycles. The van der Waals surface area contributed by atoms with Crippen LogP contribution in [0.3, 0.4) is 0 Å². The number of nitrogens with two attached hydrogens (primary N) is 1. The topological polar surface area (TPSA) is 74.2 Å². The third-order valence-corrected chi connectivity index (χ3v) is 2.59. The summed E-state index contributed by atoms with van der Waals surface area (Å²) < 4.78 is 33.6. The molecule has 2 aromatic rings. The standard InChI is InChI=1S/C13H15F2N3O2/c14-11(15)8-19-5-4-12-17-13(20-18-12)10-3-1-2-9(6-10)7-16/h1-3,6,11H,4-5,7-8,16H2. The summed E-state index contributed by atoms with van der Waals surface area (Å²) in [4.78, 5) is 4.19. The van der Waals surface area contributed by atoms with Crippen molar-refractivity contribution in [3.05, 3.63) is 35.7 Å². The number of ether oxygens (including phenoxy) is 1. The second-order valence-corrected chi connectivity index (χ2v) is 4.14. The van der Waals surface area contributed by atoms with Gasteiger partial charge >= 0.3 is 0 Å². The van der Waals surface area contributed by atoms with Crippen molar-refractivity contribution in [1.82, 2.24) is 10.1 Å². The largest absolute Gasteiger partial charge is 0.375 e. The van der Waals surface area contributed by atoms with E-state index in [-0.39, 0.29) is 6.61 Å². The lowest BCUT2D eigenvalue weighted by Gasteiger charge is -2.00. The van der Waals surface area contributed by atoms with E-state index in [4.69, 9.17) is 15.0 Å². The summed E-state index contributed by atoms with van der Waals surface area (Å²) in [5.74, 6) is 0.802. The van der Waals surface area contributed by atoms with Gasteiger partial charge in [0.2, 0.25) is 0 Å². The molecule has 7 heteroatoms. The average molecular weight is 283 g/mol. The molecular formula is C13H15F2N3O2. The van der Waals surface area contributed by atoms with Crippen LogP contribution in [0.4, 0.5) is 8.78 Å². The highest BCUT2D eigenvalue weighted by Gasteiger charge is 2.09. The minimum Gasteiger partial charge on any atom is -0.375 e. The molecule has 5 nitrogen and oxygen atoms in total. The SMILES string of the molecule is NCc1cccc(-c2nc(CCOCC(F)F)no2)c1. The molecule has 108 valence electrons. The Morgan fingerprint density at radius 2 is 2.20 bits per heavy atom. The fourth-order valence-electron chi connectivity index (χ4n) is 1.64. The first kappa shape index (κ1) is 14.5. The summed E-state index contributed by atoms with van der Waals surface area (Å²) in [6.45, 7) is -0.0221. The summed E-state index contributed by atoms with van der Waals surface area (Å²) in [5.41, 5.74) is 7.30. The first-order valence-corrected chi connectivity index (χ1v) is 6.17. The van der Waals surface area contributed by atoms with Crippen molar-refractivity contribution in [2.75, 3.05) is 13.2 Å². The van der Waals surface area contributed by atoms with Gasteiger partial charge in [0.15, 0.2) is 5.82 Å². The van der Waals surface area contributed by atoms with Crippen LogP contribution in [-0.2, 0) is 17.7 Å². The predicted octanol–water partition coefficient (Wildman–Crippen LogP) is 2.02. The van der Waals surface area contributed by atoms with Crippen molar-refractivity contribution >= 4 is 0 Å². The van der Waals surface area contributed by atoms with E-state index >= 15 is 0 Å². The molecule has 1 heterocycles. The highest BCUT2D eigenvalue weighted by molar-refractivity contribution is 5.53. The smallest absolute Gasteiger partial charge is 0.261 e. The van der Waals surface area contributed by atoms with Gasteiger partial charge in [0.25, 0.3) is 12.3 Å². The van der Waals surface area contributed by atoms with Crippen molar-refractivity contribution in [3.63, 3.8) is 0 Å². The van der Waals surface area contributed by atoms with Crippen LogP contribution in [0.15, 0.2) is 28.8 Å². The van der Waals surface area contributed by atoms with Crippen LogP contribution >= 0.6 is 0 Å². The van der Waals surface area contributed by atoms with Gasteiger partial charge in [-0.2, -0.15) is 4.98 Å². The van der Waals surface area contributed by atoms with E-state index < -0.39 is 13.0 Å². The predicted molar refractivity (Wildman–Crippen MR) is 68.2 cm³/mol. The highest BCUT2D eigenvalue weighted by Crippen LogP contribution is 2.18. The summed E-state index contributed by atoms with van der Waals surface area (Å²) >= 11 is 0. The Morgan fingerprint density at radius 3 is 2.95 bits per heavy atom. The Hall–Kier alpha value is -1.86. The van der Waals surface area contributed by atoms with Gasteiger partial charge in [-0.1, -0.05) is 17.3 Å².